The highest BCUT2D eigenvalue weighted by molar-refractivity contribution is 5.64. The standard InChI is InChI=1S/C19H23N3O2/c23-19(24)22-18-7-5-17(6-8-18)21-13-14-1-3-15(4-2-14)16-9-11-20-12-10-16/h1-4,9-12,17-18,21-22H,5-8,13H2,(H,23,24). The molecule has 3 N–H and O–H groups in total. The number of nitrogens with zero attached hydrogens (tertiary/aromatic N) is 1. The molecule has 3 rings (SSSR count). The summed E-state index contributed by atoms with van der Waals surface area (Å²) in [5.74, 6) is 0. The molecule has 0 aliphatic heterocycles. The molecule has 1 fully saturated rings. The summed E-state index contributed by atoms with van der Waals surface area (Å²) >= 11 is 0. The quantitative estimate of drug-likeness (QED) is 0.787. The fraction of sp³-hybridized carbons (Fsp3) is 0.368. The molecule has 1 saturated carbocycles. The lowest BCUT2D eigenvalue weighted by Crippen LogP contribution is -2.41. The molecule has 1 heterocycles. The Morgan fingerprint density at radius 2 is 1.54 bits per heavy atom. The van der Waals surface area contributed by atoms with Gasteiger partial charge in [-0.15, -0.1) is 0 Å². The lowest BCUT2D eigenvalue weighted by atomic mass is 9.91. The van der Waals surface area contributed by atoms with Gasteiger partial charge in [-0.25, -0.2) is 4.79 Å². The third-order valence-electron chi connectivity index (χ3n) is 4.62. The Morgan fingerprint density at radius 3 is 2.17 bits per heavy atom. The molecule has 0 saturated heterocycles. The monoisotopic (exact) mass is 325 g/mol. The van der Waals surface area contributed by atoms with Crippen LogP contribution in [0.1, 0.15) is 31.2 Å². The van der Waals surface area contributed by atoms with Crippen LogP contribution in [-0.2, 0) is 6.54 Å². The number of amides is 1. The number of pyridine rings is 1. The Hall–Kier alpha value is -2.40. The van der Waals surface area contributed by atoms with Gasteiger partial charge in [-0.05, 0) is 54.5 Å². The first-order valence-electron chi connectivity index (χ1n) is 8.43. The summed E-state index contributed by atoms with van der Waals surface area (Å²) in [6.45, 7) is 0.846. The minimum atomic E-state index is -0.916. The van der Waals surface area contributed by atoms with Crippen molar-refractivity contribution in [2.75, 3.05) is 0 Å². The van der Waals surface area contributed by atoms with Gasteiger partial charge in [0.1, 0.15) is 0 Å². The minimum absolute atomic E-state index is 0.111. The molecule has 126 valence electrons. The molecule has 0 bridgehead atoms. The predicted molar refractivity (Wildman–Crippen MR) is 93.7 cm³/mol. The number of aromatic nitrogens is 1. The maximum absolute atomic E-state index is 10.7. The van der Waals surface area contributed by atoms with Gasteiger partial charge in [0.05, 0.1) is 0 Å². The summed E-state index contributed by atoms with van der Waals surface area (Å²) in [6, 6.07) is 13.2. The van der Waals surface area contributed by atoms with Gasteiger partial charge in [0, 0.05) is 31.0 Å². The van der Waals surface area contributed by atoms with E-state index in [4.69, 9.17) is 5.11 Å². The van der Waals surface area contributed by atoms with E-state index in [0.717, 1.165) is 32.2 Å². The van der Waals surface area contributed by atoms with Crippen LogP contribution >= 0.6 is 0 Å². The summed E-state index contributed by atoms with van der Waals surface area (Å²) in [5.41, 5.74) is 3.63. The third kappa shape index (κ3) is 4.55. The molecule has 0 spiro atoms. The molecule has 1 aliphatic rings. The molecule has 2 aromatic rings. The largest absolute Gasteiger partial charge is 0.465 e. The van der Waals surface area contributed by atoms with Crippen molar-refractivity contribution in [3.8, 4) is 11.1 Å². The Morgan fingerprint density at radius 1 is 0.958 bits per heavy atom. The van der Waals surface area contributed by atoms with Crippen LogP contribution in [0.3, 0.4) is 0 Å². The number of hydrogen-bond acceptors (Lipinski definition) is 3. The van der Waals surface area contributed by atoms with Gasteiger partial charge in [0.25, 0.3) is 0 Å². The summed E-state index contributed by atoms with van der Waals surface area (Å²) in [5, 5.41) is 14.9. The molecule has 1 aromatic carbocycles. The second kappa shape index (κ2) is 7.93. The van der Waals surface area contributed by atoms with E-state index in [1.54, 1.807) is 12.4 Å². The summed E-state index contributed by atoms with van der Waals surface area (Å²) < 4.78 is 0. The van der Waals surface area contributed by atoms with E-state index < -0.39 is 6.09 Å². The van der Waals surface area contributed by atoms with Gasteiger partial charge in [0.2, 0.25) is 0 Å². The minimum Gasteiger partial charge on any atom is -0.465 e. The van der Waals surface area contributed by atoms with Crippen LogP contribution in [0.2, 0.25) is 0 Å². The van der Waals surface area contributed by atoms with E-state index in [-0.39, 0.29) is 6.04 Å². The van der Waals surface area contributed by atoms with Crippen molar-refractivity contribution in [2.45, 2.75) is 44.3 Å². The number of benzene rings is 1. The van der Waals surface area contributed by atoms with Crippen LogP contribution in [0.4, 0.5) is 4.79 Å². The Bertz CT molecular complexity index is 650. The maximum atomic E-state index is 10.7. The average molecular weight is 325 g/mol. The second-order valence-electron chi connectivity index (χ2n) is 6.31. The van der Waals surface area contributed by atoms with Gasteiger partial charge in [-0.1, -0.05) is 24.3 Å². The molecule has 0 radical (unpaired) electrons. The molecular weight excluding hydrogens is 302 g/mol. The molecule has 1 aliphatic carbocycles. The SMILES string of the molecule is O=C(O)NC1CCC(NCc2ccc(-c3ccncc3)cc2)CC1. The van der Waals surface area contributed by atoms with E-state index in [0.29, 0.717) is 6.04 Å². The zero-order chi connectivity index (χ0) is 16.8. The normalized spacial score (nSPS) is 20.5. The fourth-order valence-corrected chi connectivity index (χ4v) is 3.24. The lowest BCUT2D eigenvalue weighted by molar-refractivity contribution is 0.183. The van der Waals surface area contributed by atoms with Crippen LogP contribution in [0.5, 0.6) is 0 Å². The number of hydrogen-bond donors (Lipinski definition) is 3. The van der Waals surface area contributed by atoms with E-state index in [9.17, 15) is 4.79 Å². The van der Waals surface area contributed by atoms with Crippen molar-refractivity contribution in [1.82, 2.24) is 15.6 Å². The molecule has 5 heteroatoms. The fourth-order valence-electron chi connectivity index (χ4n) is 3.24. The van der Waals surface area contributed by atoms with Gasteiger partial charge >= 0.3 is 6.09 Å². The van der Waals surface area contributed by atoms with Crippen molar-refractivity contribution >= 4 is 6.09 Å². The summed E-state index contributed by atoms with van der Waals surface area (Å²) in [4.78, 5) is 14.7. The number of nitrogens with one attached hydrogen (secondary N) is 2. The van der Waals surface area contributed by atoms with Gasteiger partial charge < -0.3 is 15.7 Å². The molecule has 0 atom stereocenters. The first-order valence-corrected chi connectivity index (χ1v) is 8.43. The van der Waals surface area contributed by atoms with Gasteiger partial charge in [-0.2, -0.15) is 0 Å². The van der Waals surface area contributed by atoms with Crippen LogP contribution < -0.4 is 10.6 Å². The Balaban J connectivity index is 1.47. The molecule has 5 nitrogen and oxygen atoms in total. The van der Waals surface area contributed by atoms with E-state index in [1.807, 2.05) is 12.1 Å². The predicted octanol–water partition coefficient (Wildman–Crippen LogP) is 3.42. The van der Waals surface area contributed by atoms with E-state index in [1.165, 1.54) is 16.7 Å². The number of rotatable bonds is 5. The summed E-state index contributed by atoms with van der Waals surface area (Å²) in [6.07, 6.45) is 6.54. The highest BCUT2D eigenvalue weighted by atomic mass is 16.4. The van der Waals surface area contributed by atoms with Crippen molar-refractivity contribution in [3.05, 3.63) is 54.4 Å². The van der Waals surface area contributed by atoms with E-state index in [2.05, 4.69) is 39.9 Å². The molecule has 1 amide bonds. The average Bonchev–Trinajstić information content (AvgIpc) is 2.62. The Labute approximate surface area is 142 Å². The number of carboxylic acid groups (broad SMARTS) is 1. The molecule has 1 aromatic heterocycles. The molecule has 0 unspecified atom stereocenters. The van der Waals surface area contributed by atoms with Crippen molar-refractivity contribution < 1.29 is 9.90 Å². The van der Waals surface area contributed by atoms with Crippen LogP contribution in [0.25, 0.3) is 11.1 Å². The van der Waals surface area contributed by atoms with Crippen LogP contribution in [0.15, 0.2) is 48.8 Å². The third-order valence-corrected chi connectivity index (χ3v) is 4.62. The van der Waals surface area contributed by atoms with Crippen LogP contribution in [0, 0.1) is 0 Å². The van der Waals surface area contributed by atoms with Crippen molar-refractivity contribution in [1.29, 1.82) is 0 Å². The zero-order valence-electron chi connectivity index (χ0n) is 13.6. The number of carbonyl (C=O) groups is 1. The van der Waals surface area contributed by atoms with Gasteiger partial charge in [0.15, 0.2) is 0 Å². The first kappa shape index (κ1) is 16.5. The maximum Gasteiger partial charge on any atom is 0.404 e. The summed E-state index contributed by atoms with van der Waals surface area (Å²) in [7, 11) is 0. The van der Waals surface area contributed by atoms with Crippen LogP contribution in [-0.4, -0.2) is 28.3 Å². The van der Waals surface area contributed by atoms with Gasteiger partial charge in [-0.3, -0.25) is 4.98 Å². The Kier molecular flexibility index (Phi) is 5.43. The highest BCUT2D eigenvalue weighted by Gasteiger charge is 2.21. The van der Waals surface area contributed by atoms with E-state index >= 15 is 0 Å². The second-order valence-corrected chi connectivity index (χ2v) is 6.31. The molecule has 24 heavy (non-hydrogen) atoms. The topological polar surface area (TPSA) is 74.2 Å². The lowest BCUT2D eigenvalue weighted by Gasteiger charge is -2.29. The van der Waals surface area contributed by atoms with Crippen molar-refractivity contribution in [3.63, 3.8) is 0 Å². The van der Waals surface area contributed by atoms with Crippen molar-refractivity contribution in [2.24, 2.45) is 0 Å². The zero-order valence-corrected chi connectivity index (χ0v) is 13.6. The highest BCUT2D eigenvalue weighted by Crippen LogP contribution is 2.21. The first-order chi connectivity index (χ1) is 11.7. The smallest absolute Gasteiger partial charge is 0.404 e. The molecular formula is C19H23N3O2.